The number of carbonyl (C=O) groups is 1. The summed E-state index contributed by atoms with van der Waals surface area (Å²) in [6.45, 7) is 4.59. The quantitative estimate of drug-likeness (QED) is 0.733. The molecule has 0 aliphatic heterocycles. The molecule has 0 fully saturated rings. The molecule has 0 spiro atoms. The molecule has 0 bridgehead atoms. The summed E-state index contributed by atoms with van der Waals surface area (Å²) in [5, 5.41) is 0. The van der Waals surface area contributed by atoms with E-state index >= 15 is 0 Å². The zero-order chi connectivity index (χ0) is 12.8. The van der Waals surface area contributed by atoms with Crippen LogP contribution in [0.25, 0.3) is 0 Å². The van der Waals surface area contributed by atoms with E-state index in [0.29, 0.717) is 6.54 Å². The first-order chi connectivity index (χ1) is 8.02. The molecule has 1 heterocycles. The molecule has 94 valence electrons. The zero-order valence-electron chi connectivity index (χ0n) is 10.3. The number of carbonyl (C=O) groups excluding carboxylic acids is 1. The highest BCUT2D eigenvalue weighted by Crippen LogP contribution is 2.08. The van der Waals surface area contributed by atoms with E-state index in [4.69, 9.17) is 0 Å². The van der Waals surface area contributed by atoms with Crippen molar-refractivity contribution in [3.05, 3.63) is 29.8 Å². The average Bonchev–Trinajstić information content (AvgIpc) is 2.27. The molecular weight excluding hydrogens is 223 g/mol. The van der Waals surface area contributed by atoms with Crippen LogP contribution in [0.3, 0.4) is 0 Å². The Labute approximate surface area is 100 Å². The molecule has 1 aromatic heterocycles. The predicted octanol–water partition coefficient (Wildman–Crippen LogP) is 1.60. The molecule has 0 atom stereocenters. The maximum Gasteiger partial charge on any atom is 0.319 e. The zero-order valence-corrected chi connectivity index (χ0v) is 10.3. The Kier molecular flexibility index (Phi) is 5.03. The smallest absolute Gasteiger partial charge is 0.319 e. The van der Waals surface area contributed by atoms with Gasteiger partial charge < -0.3 is 4.74 Å². The van der Waals surface area contributed by atoms with Crippen LogP contribution >= 0.6 is 0 Å². The fourth-order valence-corrected chi connectivity index (χ4v) is 1.43. The molecule has 1 rings (SSSR count). The van der Waals surface area contributed by atoms with Gasteiger partial charge in [-0.15, -0.1) is 0 Å². The van der Waals surface area contributed by atoms with Gasteiger partial charge >= 0.3 is 5.97 Å². The number of hydrogen-bond donors (Lipinski definition) is 0. The summed E-state index contributed by atoms with van der Waals surface area (Å²) < 4.78 is 17.6. The number of esters is 1. The Hall–Kier alpha value is -1.49. The minimum Gasteiger partial charge on any atom is -0.468 e. The predicted molar refractivity (Wildman–Crippen MR) is 61.8 cm³/mol. The summed E-state index contributed by atoms with van der Waals surface area (Å²) in [6, 6.07) is 1.58. The van der Waals surface area contributed by atoms with E-state index in [1.165, 1.54) is 13.2 Å². The van der Waals surface area contributed by atoms with Crippen molar-refractivity contribution in [3.8, 4) is 0 Å². The molecule has 17 heavy (non-hydrogen) atoms. The number of pyridine rings is 1. The van der Waals surface area contributed by atoms with Gasteiger partial charge in [0.15, 0.2) is 0 Å². The number of ether oxygens (including phenoxy) is 1. The Morgan fingerprint density at radius 1 is 1.53 bits per heavy atom. The molecule has 1 aromatic rings. The molecule has 5 heteroatoms. The number of hydrogen-bond acceptors (Lipinski definition) is 4. The molecule has 0 aliphatic carbocycles. The highest BCUT2D eigenvalue weighted by Gasteiger charge is 2.15. The van der Waals surface area contributed by atoms with Gasteiger partial charge in [-0.05, 0) is 25.5 Å². The summed E-state index contributed by atoms with van der Waals surface area (Å²) in [5.74, 6) is -0.674. The van der Waals surface area contributed by atoms with Crippen LogP contribution in [0.2, 0.25) is 0 Å². The van der Waals surface area contributed by atoms with Crippen LogP contribution in [0.1, 0.15) is 19.4 Å². The van der Waals surface area contributed by atoms with Gasteiger partial charge in [0.2, 0.25) is 0 Å². The molecule has 0 unspecified atom stereocenters. The van der Waals surface area contributed by atoms with Crippen molar-refractivity contribution in [2.45, 2.75) is 26.4 Å². The van der Waals surface area contributed by atoms with Crippen molar-refractivity contribution in [2.24, 2.45) is 0 Å². The van der Waals surface area contributed by atoms with Gasteiger partial charge in [-0.25, -0.2) is 4.39 Å². The monoisotopic (exact) mass is 240 g/mol. The Bertz CT molecular complexity index is 383. The van der Waals surface area contributed by atoms with E-state index < -0.39 is 0 Å². The third-order valence-electron chi connectivity index (χ3n) is 2.44. The minimum atomic E-state index is -0.371. The summed E-state index contributed by atoms with van der Waals surface area (Å²) in [5.41, 5.74) is 0.739. The Balaban J connectivity index is 2.70. The second-order valence-corrected chi connectivity index (χ2v) is 4.09. The van der Waals surface area contributed by atoms with Gasteiger partial charge in [-0.2, -0.15) is 0 Å². The standard InChI is InChI=1S/C12H17FN2O2/c1-9(2)15(8-12(16)17-3)7-10-4-11(13)6-14-5-10/h4-6,9H,7-8H2,1-3H3. The van der Waals surface area contributed by atoms with Gasteiger partial charge in [0.05, 0.1) is 19.9 Å². The molecule has 0 aliphatic rings. The van der Waals surface area contributed by atoms with Crippen LogP contribution in [-0.2, 0) is 16.1 Å². The fraction of sp³-hybridized carbons (Fsp3) is 0.500. The summed E-state index contributed by atoms with van der Waals surface area (Å²) in [7, 11) is 1.35. The van der Waals surface area contributed by atoms with E-state index in [2.05, 4.69) is 9.72 Å². The van der Waals surface area contributed by atoms with E-state index in [1.807, 2.05) is 18.7 Å². The van der Waals surface area contributed by atoms with Gasteiger partial charge in [0.25, 0.3) is 0 Å². The summed E-state index contributed by atoms with van der Waals surface area (Å²) in [6.07, 6.45) is 2.75. The highest BCUT2D eigenvalue weighted by atomic mass is 19.1. The molecule has 0 amide bonds. The van der Waals surface area contributed by atoms with E-state index in [1.54, 1.807) is 6.20 Å². The van der Waals surface area contributed by atoms with Gasteiger partial charge in [0.1, 0.15) is 5.82 Å². The Morgan fingerprint density at radius 2 is 2.24 bits per heavy atom. The van der Waals surface area contributed by atoms with E-state index in [9.17, 15) is 9.18 Å². The third kappa shape index (κ3) is 4.48. The first kappa shape index (κ1) is 13.6. The molecule has 0 radical (unpaired) electrons. The normalized spacial score (nSPS) is 10.9. The molecule has 4 nitrogen and oxygen atoms in total. The highest BCUT2D eigenvalue weighted by molar-refractivity contribution is 5.71. The Morgan fingerprint density at radius 3 is 2.76 bits per heavy atom. The van der Waals surface area contributed by atoms with Gasteiger partial charge in [0, 0.05) is 18.8 Å². The maximum absolute atomic E-state index is 13.0. The maximum atomic E-state index is 13.0. The topological polar surface area (TPSA) is 42.4 Å². The van der Waals surface area contributed by atoms with Crippen molar-refractivity contribution in [1.82, 2.24) is 9.88 Å². The fourth-order valence-electron chi connectivity index (χ4n) is 1.43. The lowest BCUT2D eigenvalue weighted by Gasteiger charge is -2.24. The molecular formula is C12H17FN2O2. The van der Waals surface area contributed by atoms with Gasteiger partial charge in [-0.3, -0.25) is 14.7 Å². The van der Waals surface area contributed by atoms with E-state index in [0.717, 1.165) is 11.8 Å². The minimum absolute atomic E-state index is 0.164. The summed E-state index contributed by atoms with van der Waals surface area (Å²) >= 11 is 0. The first-order valence-corrected chi connectivity index (χ1v) is 5.43. The van der Waals surface area contributed by atoms with Crippen molar-refractivity contribution < 1.29 is 13.9 Å². The average molecular weight is 240 g/mol. The lowest BCUT2D eigenvalue weighted by Crippen LogP contribution is -2.35. The number of methoxy groups -OCH3 is 1. The largest absolute Gasteiger partial charge is 0.468 e. The number of nitrogens with zero attached hydrogens (tertiary/aromatic N) is 2. The number of rotatable bonds is 5. The van der Waals surface area contributed by atoms with Crippen molar-refractivity contribution in [3.63, 3.8) is 0 Å². The van der Waals surface area contributed by atoms with Crippen LogP contribution in [0.4, 0.5) is 4.39 Å². The third-order valence-corrected chi connectivity index (χ3v) is 2.44. The van der Waals surface area contributed by atoms with Crippen LogP contribution in [0.15, 0.2) is 18.5 Å². The van der Waals surface area contributed by atoms with Crippen LogP contribution in [-0.4, -0.2) is 35.5 Å². The van der Waals surface area contributed by atoms with Crippen molar-refractivity contribution in [2.75, 3.05) is 13.7 Å². The van der Waals surface area contributed by atoms with Gasteiger partial charge in [-0.1, -0.05) is 0 Å². The first-order valence-electron chi connectivity index (χ1n) is 5.43. The van der Waals surface area contributed by atoms with Crippen LogP contribution in [0.5, 0.6) is 0 Å². The van der Waals surface area contributed by atoms with Crippen molar-refractivity contribution in [1.29, 1.82) is 0 Å². The number of aromatic nitrogens is 1. The second kappa shape index (κ2) is 6.30. The summed E-state index contributed by atoms with van der Waals surface area (Å²) in [4.78, 5) is 16.9. The lowest BCUT2D eigenvalue weighted by atomic mass is 10.2. The van der Waals surface area contributed by atoms with Crippen LogP contribution < -0.4 is 0 Å². The van der Waals surface area contributed by atoms with Crippen LogP contribution in [0, 0.1) is 5.82 Å². The lowest BCUT2D eigenvalue weighted by molar-refractivity contribution is -0.142. The van der Waals surface area contributed by atoms with E-state index in [-0.39, 0.29) is 24.4 Å². The van der Waals surface area contributed by atoms with Crippen molar-refractivity contribution >= 4 is 5.97 Å². The molecule has 0 saturated carbocycles. The second-order valence-electron chi connectivity index (χ2n) is 4.09. The molecule has 0 N–H and O–H groups in total. The molecule has 0 aromatic carbocycles. The number of halogens is 1. The SMILES string of the molecule is COC(=O)CN(Cc1cncc(F)c1)C(C)C. The molecule has 0 saturated heterocycles.